The summed E-state index contributed by atoms with van der Waals surface area (Å²) in [6.45, 7) is 6.84. The number of nitrogens with one attached hydrogen (secondary N) is 1. The minimum atomic E-state index is -0.555. The summed E-state index contributed by atoms with van der Waals surface area (Å²) < 4.78 is 0.974. The minimum Gasteiger partial charge on any atom is -0.354 e. The van der Waals surface area contributed by atoms with Crippen molar-refractivity contribution in [3.63, 3.8) is 0 Å². The molecule has 7 heteroatoms. The number of carbonyl (C=O) groups is 2. The molecule has 0 aliphatic heterocycles. The van der Waals surface area contributed by atoms with Gasteiger partial charge in [-0.1, -0.05) is 71.7 Å². The molecule has 2 aromatic rings. The van der Waals surface area contributed by atoms with Crippen molar-refractivity contribution >= 4 is 51.1 Å². The third kappa shape index (κ3) is 7.97. The Morgan fingerprint density at radius 1 is 1.10 bits per heavy atom. The van der Waals surface area contributed by atoms with Gasteiger partial charge in [-0.25, -0.2) is 0 Å². The molecule has 4 nitrogen and oxygen atoms in total. The first-order valence-corrected chi connectivity index (χ1v) is 12.2. The number of nitrogens with zero attached hydrogens (tertiary/aromatic N) is 1. The lowest BCUT2D eigenvalue weighted by Gasteiger charge is -2.29. The van der Waals surface area contributed by atoms with Crippen molar-refractivity contribution in [3.8, 4) is 0 Å². The van der Waals surface area contributed by atoms with Crippen molar-refractivity contribution < 1.29 is 9.59 Å². The highest BCUT2D eigenvalue weighted by atomic mass is 79.9. The van der Waals surface area contributed by atoms with Crippen LogP contribution in [0.3, 0.4) is 0 Å². The highest BCUT2D eigenvalue weighted by Crippen LogP contribution is 2.22. The van der Waals surface area contributed by atoms with E-state index in [1.165, 1.54) is 11.8 Å². The summed E-state index contributed by atoms with van der Waals surface area (Å²) in [5.41, 5.74) is 1.98. The number of amides is 2. The van der Waals surface area contributed by atoms with E-state index in [0.717, 1.165) is 15.6 Å². The first kappa shape index (κ1) is 24.8. The molecule has 1 N–H and O–H groups in total. The molecule has 0 aromatic heterocycles. The smallest absolute Gasteiger partial charge is 0.242 e. The summed E-state index contributed by atoms with van der Waals surface area (Å²) in [4.78, 5) is 27.3. The first-order chi connectivity index (χ1) is 14.3. The molecule has 2 rings (SSSR count). The van der Waals surface area contributed by atoms with E-state index in [4.69, 9.17) is 11.6 Å². The van der Waals surface area contributed by atoms with Gasteiger partial charge in [-0.05, 0) is 42.2 Å². The van der Waals surface area contributed by atoms with E-state index < -0.39 is 6.04 Å². The lowest BCUT2D eigenvalue weighted by atomic mass is 10.1. The van der Waals surface area contributed by atoms with Crippen LogP contribution in [0.15, 0.2) is 53.0 Å². The molecule has 30 heavy (non-hydrogen) atoms. The van der Waals surface area contributed by atoms with E-state index in [2.05, 4.69) is 21.2 Å². The summed E-state index contributed by atoms with van der Waals surface area (Å²) >= 11 is 11.1. The summed E-state index contributed by atoms with van der Waals surface area (Å²) in [5, 5.41) is 3.64. The zero-order valence-corrected chi connectivity index (χ0v) is 20.7. The van der Waals surface area contributed by atoms with Crippen molar-refractivity contribution in [2.45, 2.75) is 39.1 Å². The van der Waals surface area contributed by atoms with E-state index >= 15 is 0 Å². The standard InChI is InChI=1S/C23H28BrClN2O2S/c1-16(2)12-26-23(29)17(3)27(13-18-8-10-20(24)11-9-18)22(28)15-30-14-19-6-4-5-7-21(19)25/h4-11,16-17H,12-15H2,1-3H3,(H,26,29)/t17-/m0/s1. The van der Waals surface area contributed by atoms with Crippen LogP contribution in [-0.2, 0) is 21.9 Å². The van der Waals surface area contributed by atoms with Gasteiger partial charge in [-0.3, -0.25) is 9.59 Å². The topological polar surface area (TPSA) is 49.4 Å². The van der Waals surface area contributed by atoms with E-state index in [9.17, 15) is 9.59 Å². The maximum atomic E-state index is 13.1. The maximum Gasteiger partial charge on any atom is 0.242 e. The van der Waals surface area contributed by atoms with Gasteiger partial charge in [-0.15, -0.1) is 11.8 Å². The molecule has 2 aromatic carbocycles. The highest BCUT2D eigenvalue weighted by molar-refractivity contribution is 9.10. The summed E-state index contributed by atoms with van der Waals surface area (Å²) in [6.07, 6.45) is 0. The quantitative estimate of drug-likeness (QED) is 0.456. The van der Waals surface area contributed by atoms with Crippen LogP contribution in [-0.4, -0.2) is 35.1 Å². The van der Waals surface area contributed by atoms with Gasteiger partial charge in [-0.2, -0.15) is 0 Å². The molecule has 0 heterocycles. The third-order valence-corrected chi connectivity index (χ3v) is 6.42. The number of carbonyl (C=O) groups excluding carboxylic acids is 2. The Hall–Kier alpha value is -1.50. The first-order valence-electron chi connectivity index (χ1n) is 9.90. The van der Waals surface area contributed by atoms with Gasteiger partial charge in [0.05, 0.1) is 5.75 Å². The summed E-state index contributed by atoms with van der Waals surface area (Å²) in [5.74, 6) is 1.07. The average molecular weight is 512 g/mol. The van der Waals surface area contributed by atoms with Crippen LogP contribution in [0.5, 0.6) is 0 Å². The van der Waals surface area contributed by atoms with Crippen LogP contribution >= 0.6 is 39.3 Å². The lowest BCUT2D eigenvalue weighted by Crippen LogP contribution is -2.48. The van der Waals surface area contributed by atoms with Crippen LogP contribution < -0.4 is 5.32 Å². The van der Waals surface area contributed by atoms with E-state index in [1.807, 2.05) is 62.4 Å². The molecule has 0 saturated carbocycles. The lowest BCUT2D eigenvalue weighted by molar-refractivity contribution is -0.138. The van der Waals surface area contributed by atoms with Crippen LogP contribution in [0.2, 0.25) is 5.02 Å². The maximum absolute atomic E-state index is 13.1. The monoisotopic (exact) mass is 510 g/mol. The van der Waals surface area contributed by atoms with Gasteiger partial charge in [0, 0.05) is 28.3 Å². The summed E-state index contributed by atoms with van der Waals surface area (Å²) in [7, 11) is 0. The van der Waals surface area contributed by atoms with Crippen LogP contribution in [0.4, 0.5) is 0 Å². The second-order valence-electron chi connectivity index (χ2n) is 7.55. The molecule has 162 valence electrons. The molecule has 0 aliphatic rings. The molecule has 0 fully saturated rings. The molecular weight excluding hydrogens is 484 g/mol. The fraction of sp³-hybridized carbons (Fsp3) is 0.391. The van der Waals surface area contributed by atoms with Crippen molar-refractivity contribution in [1.82, 2.24) is 10.2 Å². The highest BCUT2D eigenvalue weighted by Gasteiger charge is 2.26. The third-order valence-electron chi connectivity index (χ3n) is 4.56. The largest absolute Gasteiger partial charge is 0.354 e. The number of hydrogen-bond acceptors (Lipinski definition) is 3. The molecule has 0 unspecified atom stereocenters. The van der Waals surface area contributed by atoms with Gasteiger partial charge in [0.2, 0.25) is 11.8 Å². The molecule has 2 amide bonds. The molecule has 1 atom stereocenters. The molecule has 0 aliphatic carbocycles. The van der Waals surface area contributed by atoms with Gasteiger partial charge in [0.25, 0.3) is 0 Å². The Labute approximate surface area is 196 Å². The predicted octanol–water partition coefficient (Wildman–Crippen LogP) is 5.53. The van der Waals surface area contributed by atoms with Crippen LogP contribution in [0.25, 0.3) is 0 Å². The predicted molar refractivity (Wildman–Crippen MR) is 130 cm³/mol. The Bertz CT molecular complexity index is 845. The summed E-state index contributed by atoms with van der Waals surface area (Å²) in [6, 6.07) is 14.9. The second-order valence-corrected chi connectivity index (χ2v) is 9.86. The average Bonchev–Trinajstić information content (AvgIpc) is 2.72. The van der Waals surface area contributed by atoms with E-state index in [0.29, 0.717) is 29.8 Å². The minimum absolute atomic E-state index is 0.0674. The van der Waals surface area contributed by atoms with Gasteiger partial charge in [0.1, 0.15) is 6.04 Å². The van der Waals surface area contributed by atoms with Crippen molar-refractivity contribution in [1.29, 1.82) is 0 Å². The number of halogens is 2. The number of thioether (sulfide) groups is 1. The van der Waals surface area contributed by atoms with Gasteiger partial charge in [0.15, 0.2) is 0 Å². The zero-order valence-electron chi connectivity index (χ0n) is 17.5. The van der Waals surface area contributed by atoms with Crippen molar-refractivity contribution in [2.75, 3.05) is 12.3 Å². The van der Waals surface area contributed by atoms with Crippen molar-refractivity contribution in [3.05, 3.63) is 69.2 Å². The van der Waals surface area contributed by atoms with E-state index in [1.54, 1.807) is 11.8 Å². The molecule has 0 radical (unpaired) electrons. The fourth-order valence-electron chi connectivity index (χ4n) is 2.77. The second kappa shape index (κ2) is 12.4. The Morgan fingerprint density at radius 3 is 2.40 bits per heavy atom. The van der Waals surface area contributed by atoms with Crippen LogP contribution in [0, 0.1) is 5.92 Å². The number of rotatable bonds is 10. The zero-order chi connectivity index (χ0) is 22.1. The van der Waals surface area contributed by atoms with Crippen molar-refractivity contribution in [2.24, 2.45) is 5.92 Å². The molecule has 0 spiro atoms. The Balaban J connectivity index is 2.06. The van der Waals surface area contributed by atoms with Crippen LogP contribution in [0.1, 0.15) is 31.9 Å². The van der Waals surface area contributed by atoms with Gasteiger partial charge >= 0.3 is 0 Å². The van der Waals surface area contributed by atoms with Gasteiger partial charge < -0.3 is 10.2 Å². The normalized spacial score (nSPS) is 11.9. The van der Waals surface area contributed by atoms with E-state index in [-0.39, 0.29) is 17.6 Å². The Morgan fingerprint density at radius 2 is 1.77 bits per heavy atom. The number of benzene rings is 2. The molecule has 0 bridgehead atoms. The number of hydrogen-bond donors (Lipinski definition) is 1. The SMILES string of the molecule is CC(C)CNC(=O)[C@H](C)N(Cc1ccc(Br)cc1)C(=O)CSCc1ccccc1Cl. The molecular formula is C23H28BrClN2O2S. The fourth-order valence-corrected chi connectivity index (χ4v) is 4.23. The molecule has 0 saturated heterocycles. The Kier molecular flexibility index (Phi) is 10.2.